The molecule has 0 radical (unpaired) electrons. The maximum atomic E-state index is 12.1. The summed E-state index contributed by atoms with van der Waals surface area (Å²) in [6.07, 6.45) is 5.56. The van der Waals surface area contributed by atoms with Gasteiger partial charge in [0.05, 0.1) is 39.5 Å². The number of piperidine rings is 1. The molecule has 0 unspecified atom stereocenters. The van der Waals surface area contributed by atoms with Crippen molar-refractivity contribution in [3.63, 3.8) is 0 Å². The zero-order valence-electron chi connectivity index (χ0n) is 21.7. The first-order chi connectivity index (χ1) is 19.3. The monoisotopic (exact) mass is 579 g/mol. The molecule has 1 aromatic carbocycles. The Morgan fingerprint density at radius 3 is 2.62 bits per heavy atom. The molecule has 2 saturated heterocycles. The number of nitrogens with one attached hydrogen (secondary N) is 3. The molecule has 4 aromatic rings. The summed E-state index contributed by atoms with van der Waals surface area (Å²) >= 11 is 12.6. The van der Waals surface area contributed by atoms with Crippen LogP contribution in [0.5, 0.6) is 0 Å². The number of H-pyrrole nitrogens is 1. The largest absolute Gasteiger partial charge is 0.355 e. The molecule has 2 fully saturated rings. The lowest BCUT2D eigenvalue weighted by molar-refractivity contribution is -0.120. The number of carbonyl (C=O) groups is 2. The molecule has 6 rings (SSSR count). The van der Waals surface area contributed by atoms with E-state index in [9.17, 15) is 9.59 Å². The number of urea groups is 1. The Kier molecular flexibility index (Phi) is 7.03. The molecule has 5 heterocycles. The van der Waals surface area contributed by atoms with Gasteiger partial charge >= 0.3 is 6.03 Å². The van der Waals surface area contributed by atoms with Crippen molar-refractivity contribution in [1.82, 2.24) is 35.8 Å². The summed E-state index contributed by atoms with van der Waals surface area (Å²) in [7, 11) is 0. The minimum Gasteiger partial charge on any atom is -0.355 e. The van der Waals surface area contributed by atoms with E-state index < -0.39 is 6.03 Å². The fourth-order valence-corrected chi connectivity index (χ4v) is 5.42. The van der Waals surface area contributed by atoms with Gasteiger partial charge in [0.15, 0.2) is 0 Å². The number of carbonyl (C=O) groups excluding carboxylic acids is 2. The lowest BCUT2D eigenvalue weighted by atomic mass is 9.89. The number of hydrogen-bond donors (Lipinski definition) is 3. The normalized spacial score (nSPS) is 17.4. The number of rotatable bonds is 6. The van der Waals surface area contributed by atoms with Crippen LogP contribution in [0.15, 0.2) is 42.7 Å². The van der Waals surface area contributed by atoms with Crippen molar-refractivity contribution in [1.29, 1.82) is 0 Å². The van der Waals surface area contributed by atoms with E-state index in [4.69, 9.17) is 28.2 Å². The van der Waals surface area contributed by atoms with Gasteiger partial charge < -0.3 is 10.2 Å². The number of halogens is 2. The Labute approximate surface area is 240 Å². The van der Waals surface area contributed by atoms with E-state index in [0.717, 1.165) is 43.0 Å². The van der Waals surface area contributed by atoms with Crippen LogP contribution in [0.25, 0.3) is 22.4 Å². The molecule has 0 bridgehead atoms. The first-order valence-electron chi connectivity index (χ1n) is 13.0. The summed E-state index contributed by atoms with van der Waals surface area (Å²) in [5.74, 6) is 0.529. The maximum absolute atomic E-state index is 12.1. The highest BCUT2D eigenvalue weighted by Gasteiger charge is 2.31. The molecular formula is C27H27Cl2N9O2. The number of anilines is 2. The summed E-state index contributed by atoms with van der Waals surface area (Å²) in [6.45, 7) is 4.81. The summed E-state index contributed by atoms with van der Waals surface area (Å²) in [6, 6.07) is 8.80. The van der Waals surface area contributed by atoms with Crippen LogP contribution < -0.4 is 20.4 Å². The van der Waals surface area contributed by atoms with Crippen LogP contribution in [0.4, 0.5) is 16.3 Å². The predicted octanol–water partition coefficient (Wildman–Crippen LogP) is 4.32. The summed E-state index contributed by atoms with van der Waals surface area (Å²) < 4.78 is 0. The van der Waals surface area contributed by atoms with Crippen molar-refractivity contribution >= 4 is 57.8 Å². The van der Waals surface area contributed by atoms with E-state index in [2.05, 4.69) is 42.6 Å². The number of pyridine rings is 1. The molecular weight excluding hydrogens is 553 g/mol. The van der Waals surface area contributed by atoms with Crippen molar-refractivity contribution in [3.05, 3.63) is 58.5 Å². The van der Waals surface area contributed by atoms with Gasteiger partial charge in [0, 0.05) is 43.7 Å². The van der Waals surface area contributed by atoms with Gasteiger partial charge in [0.1, 0.15) is 11.3 Å². The maximum Gasteiger partial charge on any atom is 0.328 e. The number of imide groups is 1. The molecule has 0 aliphatic carbocycles. The Hall–Kier alpha value is -3.80. The van der Waals surface area contributed by atoms with Crippen LogP contribution in [0.1, 0.15) is 31.9 Å². The minimum atomic E-state index is -0.412. The third kappa shape index (κ3) is 5.19. The van der Waals surface area contributed by atoms with Crippen LogP contribution in [0.2, 0.25) is 10.0 Å². The molecule has 0 saturated carbocycles. The number of hydrogen-bond acceptors (Lipinski definition) is 8. The predicted molar refractivity (Wildman–Crippen MR) is 154 cm³/mol. The first kappa shape index (κ1) is 26.4. The third-order valence-electron chi connectivity index (χ3n) is 7.53. The highest BCUT2D eigenvalue weighted by atomic mass is 35.5. The average molecular weight is 580 g/mol. The molecule has 3 aromatic heterocycles. The van der Waals surface area contributed by atoms with Gasteiger partial charge in [-0.25, -0.2) is 14.8 Å². The Morgan fingerprint density at radius 2 is 1.88 bits per heavy atom. The Balaban J connectivity index is 1.07. The smallest absolute Gasteiger partial charge is 0.328 e. The van der Waals surface area contributed by atoms with Gasteiger partial charge in [-0.2, -0.15) is 5.10 Å². The molecule has 3 amide bonds. The molecule has 3 N–H and O–H groups in total. The zero-order chi connectivity index (χ0) is 27.9. The second-order valence-corrected chi connectivity index (χ2v) is 11.0. The number of amides is 3. The van der Waals surface area contributed by atoms with Crippen LogP contribution in [-0.2, 0) is 11.3 Å². The van der Waals surface area contributed by atoms with Gasteiger partial charge in [0.2, 0.25) is 11.6 Å². The lowest BCUT2D eigenvalue weighted by Crippen LogP contribution is -2.51. The number of fused-ring (bicyclic) bond motifs is 1. The second-order valence-electron chi connectivity index (χ2n) is 10.3. The van der Waals surface area contributed by atoms with Crippen molar-refractivity contribution in [2.75, 3.05) is 29.4 Å². The first-order valence-corrected chi connectivity index (χ1v) is 13.8. The molecule has 40 heavy (non-hydrogen) atoms. The van der Waals surface area contributed by atoms with Gasteiger partial charge in [-0.1, -0.05) is 35.3 Å². The van der Waals surface area contributed by atoms with Gasteiger partial charge in [0.25, 0.3) is 0 Å². The fourth-order valence-electron chi connectivity index (χ4n) is 5.02. The number of aromatic nitrogens is 5. The van der Waals surface area contributed by atoms with E-state index in [1.54, 1.807) is 18.5 Å². The van der Waals surface area contributed by atoms with Crippen molar-refractivity contribution < 1.29 is 9.59 Å². The van der Waals surface area contributed by atoms with Crippen molar-refractivity contribution in [2.24, 2.45) is 0 Å². The Morgan fingerprint density at radius 1 is 1.05 bits per heavy atom. The van der Waals surface area contributed by atoms with Crippen LogP contribution in [-0.4, -0.2) is 62.3 Å². The zero-order valence-corrected chi connectivity index (χ0v) is 23.3. The third-order valence-corrected chi connectivity index (χ3v) is 8.35. The van der Waals surface area contributed by atoms with E-state index >= 15 is 0 Å². The molecule has 13 heteroatoms. The van der Waals surface area contributed by atoms with Gasteiger partial charge in [-0.15, -0.1) is 0 Å². The molecule has 0 spiro atoms. The minimum absolute atomic E-state index is 0.0651. The highest BCUT2D eigenvalue weighted by molar-refractivity contribution is 6.43. The molecule has 206 valence electrons. The summed E-state index contributed by atoms with van der Waals surface area (Å²) in [5.41, 5.74) is 4.08. The fraction of sp³-hybridized carbons (Fsp3) is 0.333. The number of nitrogens with zero attached hydrogens (tertiary/aromatic N) is 6. The van der Waals surface area contributed by atoms with Crippen molar-refractivity contribution in [3.8, 4) is 11.3 Å². The van der Waals surface area contributed by atoms with E-state index in [-0.39, 0.29) is 17.9 Å². The molecule has 11 nitrogen and oxygen atoms in total. The van der Waals surface area contributed by atoms with Crippen LogP contribution in [0.3, 0.4) is 0 Å². The Bertz CT molecular complexity index is 1580. The SMILES string of the molecule is CC1(NCc2ccc(N3CCC(=O)NC3=O)cn2)CCN(c2cnc3c(-c4cccc(Cl)c4Cl)[nH]nc3n2)CC1. The van der Waals surface area contributed by atoms with Gasteiger partial charge in [-0.05, 0) is 38.0 Å². The molecule has 0 atom stereocenters. The lowest BCUT2D eigenvalue weighted by Gasteiger charge is -2.40. The molecule has 2 aliphatic rings. The summed E-state index contributed by atoms with van der Waals surface area (Å²) in [4.78, 5) is 41.1. The standard InChI is InChI=1S/C27H27Cl2N9O2/c1-27(32-13-16-5-6-17(14-30-16)38-10-7-21(39)34-26(38)40)8-11-37(12-9-27)20-15-31-24-23(35-36-25(24)33-20)18-3-2-4-19(28)22(18)29/h2-6,14-15,32H,7-13H2,1H3,(H,33,35,36)(H,34,39,40). The van der Waals surface area contributed by atoms with E-state index in [1.165, 1.54) is 4.90 Å². The quantitative estimate of drug-likeness (QED) is 0.307. The van der Waals surface area contributed by atoms with Crippen LogP contribution in [0, 0.1) is 0 Å². The highest BCUT2D eigenvalue weighted by Crippen LogP contribution is 2.35. The second kappa shape index (κ2) is 10.6. The average Bonchev–Trinajstić information content (AvgIpc) is 3.37. The van der Waals surface area contributed by atoms with E-state index in [1.807, 2.05) is 24.3 Å². The topological polar surface area (TPSA) is 132 Å². The van der Waals surface area contributed by atoms with E-state index in [0.29, 0.717) is 45.7 Å². The summed E-state index contributed by atoms with van der Waals surface area (Å²) in [5, 5.41) is 14.3. The molecule has 2 aliphatic heterocycles. The van der Waals surface area contributed by atoms with Crippen LogP contribution >= 0.6 is 23.2 Å². The number of benzene rings is 1. The number of aromatic amines is 1. The van der Waals surface area contributed by atoms with Crippen molar-refractivity contribution in [2.45, 2.75) is 38.3 Å². The van der Waals surface area contributed by atoms with Gasteiger partial charge in [-0.3, -0.25) is 25.1 Å².